The molecule has 9 rings (SSSR count). The highest BCUT2D eigenvalue weighted by atomic mass is 19.3. The number of aliphatic hydroxyl groups is 1. The second-order valence-electron chi connectivity index (χ2n) is 19.2. The van der Waals surface area contributed by atoms with Gasteiger partial charge in [0.05, 0.1) is 26.4 Å². The van der Waals surface area contributed by atoms with Gasteiger partial charge in [-0.15, -0.1) is 0 Å². The Morgan fingerprint density at radius 1 is 1.08 bits per heavy atom. The number of esters is 3. The number of allylic oxidation sites excluding steroid dienone is 1. The van der Waals surface area contributed by atoms with E-state index in [-0.39, 0.29) is 31.3 Å². The molecule has 2 N–H and O–H groups in total. The first-order valence-corrected chi connectivity index (χ1v) is 22.1. The van der Waals surface area contributed by atoms with Gasteiger partial charge < -0.3 is 38.8 Å². The number of halogens is 2. The molecule has 14 heteroatoms. The first-order valence-electron chi connectivity index (χ1n) is 22.1. The zero-order valence-corrected chi connectivity index (χ0v) is 36.8. The quantitative estimate of drug-likeness (QED) is 0.201. The monoisotopic (exact) mass is 858 g/mol. The van der Waals surface area contributed by atoms with Gasteiger partial charge in [-0.3, -0.25) is 14.5 Å². The molecule has 4 fully saturated rings. The van der Waals surface area contributed by atoms with Gasteiger partial charge in [0.1, 0.15) is 5.41 Å². The number of methoxy groups -OCH3 is 3. The van der Waals surface area contributed by atoms with Crippen molar-refractivity contribution in [3.63, 3.8) is 0 Å². The van der Waals surface area contributed by atoms with Crippen LogP contribution in [0.2, 0.25) is 0 Å². The fourth-order valence-electron chi connectivity index (χ4n) is 14.1. The van der Waals surface area contributed by atoms with Gasteiger partial charge in [-0.25, -0.2) is 13.6 Å². The summed E-state index contributed by atoms with van der Waals surface area (Å²) in [5.74, 6) is -6.95. The predicted octanol–water partition coefficient (Wildman–Crippen LogP) is 5.41. The molecule has 1 saturated carbocycles. The van der Waals surface area contributed by atoms with Crippen LogP contribution < -0.4 is 0 Å². The summed E-state index contributed by atoms with van der Waals surface area (Å²) in [5.41, 5.74) is -0.879. The summed E-state index contributed by atoms with van der Waals surface area (Å²) in [5, 5.41) is 14.3. The first-order chi connectivity index (χ1) is 29.5. The highest BCUT2D eigenvalue weighted by molar-refractivity contribution is 5.92. The summed E-state index contributed by atoms with van der Waals surface area (Å²) in [7, 11) is 6.05. The largest absolute Gasteiger partial charge is 0.468 e. The number of aromatic nitrogens is 1. The highest BCUT2D eigenvalue weighted by Crippen LogP contribution is 2.70. The number of hydrogen-bond acceptors (Lipinski definition) is 11. The number of hydrogen-bond donors (Lipinski definition) is 2. The maximum Gasteiger partial charge on any atom is 0.344 e. The smallest absolute Gasteiger partial charge is 0.344 e. The van der Waals surface area contributed by atoms with E-state index < -0.39 is 75.8 Å². The van der Waals surface area contributed by atoms with Crippen LogP contribution >= 0.6 is 0 Å². The van der Waals surface area contributed by atoms with Crippen LogP contribution in [0.3, 0.4) is 0 Å². The molecule has 12 nitrogen and oxygen atoms in total. The van der Waals surface area contributed by atoms with Crippen LogP contribution in [0.4, 0.5) is 8.78 Å². The lowest BCUT2D eigenvalue weighted by Crippen LogP contribution is -2.79. The van der Waals surface area contributed by atoms with Crippen molar-refractivity contribution in [1.82, 2.24) is 19.7 Å². The molecule has 0 amide bonds. The summed E-state index contributed by atoms with van der Waals surface area (Å²) >= 11 is 0. The van der Waals surface area contributed by atoms with Crippen molar-refractivity contribution in [3.05, 3.63) is 77.2 Å². The van der Waals surface area contributed by atoms with Crippen LogP contribution in [-0.2, 0) is 45.2 Å². The van der Waals surface area contributed by atoms with Gasteiger partial charge in [-0.2, -0.15) is 0 Å². The van der Waals surface area contributed by atoms with Gasteiger partial charge in [0.2, 0.25) is 11.5 Å². The van der Waals surface area contributed by atoms with Gasteiger partial charge >= 0.3 is 17.9 Å². The van der Waals surface area contributed by atoms with E-state index in [4.69, 9.17) is 18.9 Å². The number of H-pyrrole nitrogens is 1. The summed E-state index contributed by atoms with van der Waals surface area (Å²) in [6.45, 7) is 10.8. The fraction of sp³-hybridized carbons (Fsp3) is 0.604. The average Bonchev–Trinajstić information content (AvgIpc) is 3.91. The molecular weight excluding hydrogens is 799 g/mol. The second-order valence-corrected chi connectivity index (χ2v) is 19.2. The number of aromatic amines is 1. The maximum absolute atomic E-state index is 15.4. The number of rotatable bonds is 8. The van der Waals surface area contributed by atoms with Crippen LogP contribution in [0.15, 0.2) is 60.4 Å². The Bertz CT molecular complexity index is 2300. The van der Waals surface area contributed by atoms with Crippen molar-refractivity contribution in [2.45, 2.75) is 94.1 Å². The summed E-state index contributed by atoms with van der Waals surface area (Å²) in [6.07, 6.45) is 9.78. The van der Waals surface area contributed by atoms with Gasteiger partial charge in [0.25, 0.3) is 0 Å². The number of ether oxygens (including phenoxy) is 4. The standard InChI is InChI=1S/C48H60F2N4O8/c1-9-28-12-13-35-32(21-28)31-14-18-53-25-29(20-30(26-53)44(4,49)50)24-47(38(31)51-35,42(56)60-7)34-22-33-36(23-37(34)59-6)52(5)40-46(33)16-19-54-17-11-15-45(10-2,39(46)54)41(62-27(3)55)48(40,58)43(57)61-8/h9,11-13,15,21-23,29-30,34,37,39-41,51,58H,1,10,14,16-20,24-26H2,2-8H3/t29-,30?,34?,37?,39+,40-,41-,45-,46-,47+,48+/m1/s1. The number of carbonyl (C=O) groups excluding carboxylic acids is 3. The molecular formula is C48H60F2N4O8. The molecule has 1 spiro atoms. The molecule has 2 aromatic rings. The second kappa shape index (κ2) is 14.9. The van der Waals surface area contributed by atoms with Crippen molar-refractivity contribution in [2.24, 2.45) is 28.6 Å². The topological polar surface area (TPSA) is 134 Å². The van der Waals surface area contributed by atoms with Gasteiger partial charge in [0, 0.05) is 98.3 Å². The van der Waals surface area contributed by atoms with Crippen molar-refractivity contribution in [2.75, 3.05) is 61.1 Å². The molecule has 5 aliphatic heterocycles. The molecule has 1 aromatic carbocycles. The van der Waals surface area contributed by atoms with Crippen molar-refractivity contribution in [1.29, 1.82) is 0 Å². The number of benzene rings is 1. The lowest BCUT2D eigenvalue weighted by atomic mass is 9.47. The average molecular weight is 859 g/mol. The van der Waals surface area contributed by atoms with E-state index in [0.29, 0.717) is 51.1 Å². The molecule has 12 atom stereocenters. The van der Waals surface area contributed by atoms with Crippen molar-refractivity contribution in [3.8, 4) is 0 Å². The number of nitrogens with zero attached hydrogens (tertiary/aromatic N) is 3. The summed E-state index contributed by atoms with van der Waals surface area (Å²) in [6, 6.07) is 4.72. The molecule has 62 heavy (non-hydrogen) atoms. The van der Waals surface area contributed by atoms with E-state index in [0.717, 1.165) is 40.2 Å². The first kappa shape index (κ1) is 42.9. The van der Waals surface area contributed by atoms with E-state index in [9.17, 15) is 14.7 Å². The Labute approximate surface area is 361 Å². The predicted molar refractivity (Wildman–Crippen MR) is 228 cm³/mol. The number of piperidine rings is 1. The number of nitrogens with one attached hydrogen (secondary N) is 1. The molecule has 4 unspecified atom stereocenters. The van der Waals surface area contributed by atoms with E-state index in [1.807, 2.05) is 49.2 Å². The zero-order chi connectivity index (χ0) is 44.3. The van der Waals surface area contributed by atoms with Crippen molar-refractivity contribution < 1.29 is 47.2 Å². The van der Waals surface area contributed by atoms with E-state index in [1.165, 1.54) is 21.1 Å². The Morgan fingerprint density at radius 2 is 1.84 bits per heavy atom. The van der Waals surface area contributed by atoms with Crippen LogP contribution in [0.1, 0.15) is 63.3 Å². The van der Waals surface area contributed by atoms with E-state index in [1.54, 1.807) is 13.2 Å². The number of likely N-dealkylation sites (N-methyl/N-ethyl adjacent to an activating group) is 1. The van der Waals surface area contributed by atoms with Crippen LogP contribution in [0.25, 0.3) is 17.0 Å². The minimum atomic E-state index is -2.93. The highest BCUT2D eigenvalue weighted by Gasteiger charge is 2.81. The summed E-state index contributed by atoms with van der Waals surface area (Å²) in [4.78, 5) is 53.0. The van der Waals surface area contributed by atoms with Crippen LogP contribution in [0, 0.1) is 28.6 Å². The lowest BCUT2D eigenvalue weighted by molar-refractivity contribution is -0.243. The Balaban J connectivity index is 1.33. The molecule has 2 aliphatic carbocycles. The minimum absolute atomic E-state index is 0.193. The molecule has 0 radical (unpaired) electrons. The molecule has 3 saturated heterocycles. The van der Waals surface area contributed by atoms with Crippen LogP contribution in [0.5, 0.6) is 0 Å². The summed E-state index contributed by atoms with van der Waals surface area (Å²) < 4.78 is 54.9. The minimum Gasteiger partial charge on any atom is -0.468 e. The Kier molecular flexibility index (Phi) is 10.3. The molecule has 6 heterocycles. The number of fused-ring (bicyclic) bond motifs is 6. The number of carbonyl (C=O) groups is 3. The van der Waals surface area contributed by atoms with E-state index in [2.05, 4.69) is 33.5 Å². The van der Waals surface area contributed by atoms with Gasteiger partial charge in [-0.05, 0) is 86.4 Å². The molecule has 1 aromatic heterocycles. The van der Waals surface area contributed by atoms with Gasteiger partial charge in [-0.1, -0.05) is 43.9 Å². The number of likely N-dealkylation sites (tertiary alicyclic amines) is 1. The Hall–Kier alpha value is -4.37. The number of alkyl halides is 2. The third-order valence-electron chi connectivity index (χ3n) is 16.3. The van der Waals surface area contributed by atoms with Crippen molar-refractivity contribution >= 4 is 34.9 Å². The molecule has 2 bridgehead atoms. The van der Waals surface area contributed by atoms with E-state index >= 15 is 13.6 Å². The third kappa shape index (κ3) is 5.70. The van der Waals surface area contributed by atoms with Crippen LogP contribution in [-0.4, -0.2) is 140 Å². The SMILES string of the molecule is C=Cc1ccc2[nH]c3c(c2c1)CCN1CC(C(C)(F)F)C[C@@H](C1)C[C@]3(C(=O)OC)C1C=C2C(=CC1OC)N(C)[C@H]1[C@@](O)(C(=O)OC)[C@H](OC(C)=O)[C@]3(CC)C=CCN4CC[C@]21[C@@H]43. The normalized spacial score (nSPS) is 38.6. The lowest BCUT2D eigenvalue weighted by Gasteiger charge is -2.63. The Morgan fingerprint density at radius 3 is 2.50 bits per heavy atom. The maximum atomic E-state index is 15.4. The molecule has 7 aliphatic rings. The third-order valence-corrected chi connectivity index (χ3v) is 16.3. The fourth-order valence-corrected chi connectivity index (χ4v) is 14.1. The molecule has 334 valence electrons. The zero-order valence-electron chi connectivity index (χ0n) is 36.8. The van der Waals surface area contributed by atoms with Gasteiger partial charge in [0.15, 0.2) is 6.10 Å².